The van der Waals surface area contributed by atoms with E-state index in [1.165, 1.54) is 12.3 Å². The predicted octanol–water partition coefficient (Wildman–Crippen LogP) is 1.59. The molecule has 0 radical (unpaired) electrons. The molecule has 0 aliphatic carbocycles. The van der Waals surface area contributed by atoms with E-state index in [2.05, 4.69) is 15.9 Å². The minimum Gasteiger partial charge on any atom is -0.456 e. The van der Waals surface area contributed by atoms with Crippen LogP contribution < -0.4 is 10.3 Å². The molecule has 0 aromatic carbocycles. The van der Waals surface area contributed by atoms with Crippen molar-refractivity contribution in [1.82, 2.24) is 0 Å². The van der Waals surface area contributed by atoms with Gasteiger partial charge >= 0.3 is 0 Å². The highest BCUT2D eigenvalue weighted by molar-refractivity contribution is 9.10. The molecule has 2 aromatic rings. The Balaban J connectivity index is 2.15. The molecule has 0 spiro atoms. The zero-order valence-electron chi connectivity index (χ0n) is 10.4. The van der Waals surface area contributed by atoms with Crippen LogP contribution >= 0.6 is 15.9 Å². The van der Waals surface area contributed by atoms with E-state index in [1.54, 1.807) is 11.9 Å². The number of aliphatic hydroxyl groups is 1. The third-order valence-corrected chi connectivity index (χ3v) is 3.12. The van der Waals surface area contributed by atoms with Crippen molar-refractivity contribution in [1.29, 1.82) is 0 Å². The van der Waals surface area contributed by atoms with Crippen LogP contribution in [0.3, 0.4) is 0 Å². The van der Waals surface area contributed by atoms with Crippen molar-refractivity contribution < 1.29 is 18.7 Å². The quantitative estimate of drug-likeness (QED) is 0.810. The molecule has 6 nitrogen and oxygen atoms in total. The Labute approximate surface area is 117 Å². The molecular weight excluding hydrogens is 318 g/mol. The Morgan fingerprint density at radius 3 is 2.95 bits per heavy atom. The van der Waals surface area contributed by atoms with Gasteiger partial charge in [-0.05, 0) is 15.9 Å². The summed E-state index contributed by atoms with van der Waals surface area (Å²) in [5, 5.41) is 8.60. The van der Waals surface area contributed by atoms with Gasteiger partial charge in [0.05, 0.1) is 30.4 Å². The topological polar surface area (TPSA) is 76.1 Å². The summed E-state index contributed by atoms with van der Waals surface area (Å²) in [6.07, 6.45) is 1.42. The number of hydrogen-bond donors (Lipinski definition) is 1. The summed E-state index contributed by atoms with van der Waals surface area (Å²) >= 11 is 3.26. The Bertz CT molecular complexity index is 606. The van der Waals surface area contributed by atoms with Crippen LogP contribution in [0.4, 0.5) is 5.88 Å². The molecule has 2 rings (SSSR count). The van der Waals surface area contributed by atoms with Gasteiger partial charge in [-0.15, -0.1) is 0 Å². The van der Waals surface area contributed by atoms with Crippen molar-refractivity contribution in [2.75, 3.05) is 38.3 Å². The standard InChI is InChI=1S/C12H14BrNO5/c1-14(2-4-17-5-3-15)10-6-9(16)12-11(19-10)8(13)7-18-12/h6-7,15H,2-5H2,1H3. The van der Waals surface area contributed by atoms with Crippen molar-refractivity contribution in [3.8, 4) is 0 Å². The molecule has 0 saturated heterocycles. The summed E-state index contributed by atoms with van der Waals surface area (Å²) in [5.41, 5.74) is 0.358. The van der Waals surface area contributed by atoms with Gasteiger partial charge in [0.25, 0.3) is 0 Å². The van der Waals surface area contributed by atoms with E-state index in [1.807, 2.05) is 0 Å². The van der Waals surface area contributed by atoms with E-state index < -0.39 is 0 Å². The van der Waals surface area contributed by atoms with Gasteiger partial charge in [-0.3, -0.25) is 4.79 Å². The smallest absolute Gasteiger partial charge is 0.230 e. The van der Waals surface area contributed by atoms with Crippen molar-refractivity contribution in [3.05, 3.63) is 27.0 Å². The number of likely N-dealkylation sites (N-methyl/N-ethyl adjacent to an activating group) is 1. The second-order valence-corrected chi connectivity index (χ2v) is 4.80. The highest BCUT2D eigenvalue weighted by atomic mass is 79.9. The number of nitrogens with zero attached hydrogens (tertiary/aromatic N) is 1. The number of hydrogen-bond acceptors (Lipinski definition) is 6. The van der Waals surface area contributed by atoms with E-state index >= 15 is 0 Å². The molecular formula is C12H14BrNO5. The Morgan fingerprint density at radius 1 is 1.42 bits per heavy atom. The molecule has 1 N–H and O–H groups in total. The molecule has 19 heavy (non-hydrogen) atoms. The second-order valence-electron chi connectivity index (χ2n) is 3.95. The van der Waals surface area contributed by atoms with Gasteiger partial charge in [0, 0.05) is 13.6 Å². The first-order chi connectivity index (χ1) is 9.13. The maximum absolute atomic E-state index is 11.8. The maximum Gasteiger partial charge on any atom is 0.230 e. The molecule has 104 valence electrons. The van der Waals surface area contributed by atoms with E-state index in [0.29, 0.717) is 35.7 Å². The lowest BCUT2D eigenvalue weighted by Crippen LogP contribution is -2.24. The fraction of sp³-hybridized carbons (Fsp3) is 0.417. The summed E-state index contributed by atoms with van der Waals surface area (Å²) in [6.45, 7) is 1.27. The first-order valence-electron chi connectivity index (χ1n) is 5.74. The van der Waals surface area contributed by atoms with Crippen LogP contribution in [0.15, 0.2) is 30.4 Å². The number of anilines is 1. The van der Waals surface area contributed by atoms with Gasteiger partial charge in [0.1, 0.15) is 6.26 Å². The van der Waals surface area contributed by atoms with E-state index in [9.17, 15) is 4.79 Å². The predicted molar refractivity (Wildman–Crippen MR) is 73.6 cm³/mol. The normalized spacial score (nSPS) is 11.1. The van der Waals surface area contributed by atoms with Crippen LogP contribution in [0.2, 0.25) is 0 Å². The van der Waals surface area contributed by atoms with Crippen LogP contribution in [0.5, 0.6) is 0 Å². The maximum atomic E-state index is 11.8. The first-order valence-corrected chi connectivity index (χ1v) is 6.53. The number of halogens is 1. The number of aliphatic hydroxyl groups excluding tert-OH is 1. The zero-order valence-corrected chi connectivity index (χ0v) is 12.0. The second kappa shape index (κ2) is 6.23. The van der Waals surface area contributed by atoms with Gasteiger partial charge in [0.2, 0.25) is 11.0 Å². The number of fused-ring (bicyclic) bond motifs is 1. The van der Waals surface area contributed by atoms with Crippen LogP contribution in [-0.2, 0) is 4.74 Å². The molecule has 2 heterocycles. The summed E-state index contributed by atoms with van der Waals surface area (Å²) in [4.78, 5) is 13.6. The van der Waals surface area contributed by atoms with Crippen LogP contribution in [0, 0.1) is 0 Å². The molecule has 0 aliphatic rings. The number of rotatable bonds is 6. The van der Waals surface area contributed by atoms with E-state index in [4.69, 9.17) is 18.7 Å². The lowest BCUT2D eigenvalue weighted by molar-refractivity contribution is 0.0968. The summed E-state index contributed by atoms with van der Waals surface area (Å²) < 4.78 is 16.5. The molecule has 2 aromatic heterocycles. The summed E-state index contributed by atoms with van der Waals surface area (Å²) in [5.74, 6) is 0.437. The number of ether oxygens (including phenoxy) is 1. The third-order valence-electron chi connectivity index (χ3n) is 2.57. The molecule has 0 aliphatic heterocycles. The van der Waals surface area contributed by atoms with Crippen molar-refractivity contribution in [2.24, 2.45) is 0 Å². The zero-order chi connectivity index (χ0) is 13.8. The minimum absolute atomic E-state index is 0.00722. The highest BCUT2D eigenvalue weighted by Gasteiger charge is 2.13. The van der Waals surface area contributed by atoms with Crippen LogP contribution in [0.1, 0.15) is 0 Å². The lowest BCUT2D eigenvalue weighted by Gasteiger charge is -2.17. The van der Waals surface area contributed by atoms with Crippen LogP contribution in [0.25, 0.3) is 11.2 Å². The SMILES string of the molecule is CN(CCOCCO)c1cc(=O)c2occ(Br)c2o1. The third kappa shape index (κ3) is 3.17. The van der Waals surface area contributed by atoms with Gasteiger partial charge in [0.15, 0.2) is 11.5 Å². The van der Waals surface area contributed by atoms with Gasteiger partial charge in [-0.1, -0.05) is 0 Å². The van der Waals surface area contributed by atoms with Crippen molar-refractivity contribution in [2.45, 2.75) is 0 Å². The van der Waals surface area contributed by atoms with Crippen molar-refractivity contribution in [3.63, 3.8) is 0 Å². The average Bonchev–Trinajstić information content (AvgIpc) is 2.77. The van der Waals surface area contributed by atoms with Gasteiger partial charge < -0.3 is 23.6 Å². The summed E-state index contributed by atoms with van der Waals surface area (Å²) in [7, 11) is 1.79. The Morgan fingerprint density at radius 2 is 2.21 bits per heavy atom. The molecule has 0 bridgehead atoms. The first kappa shape index (κ1) is 14.1. The number of furan rings is 1. The average molecular weight is 332 g/mol. The van der Waals surface area contributed by atoms with Gasteiger partial charge in [-0.25, -0.2) is 0 Å². The summed E-state index contributed by atoms with van der Waals surface area (Å²) in [6, 6.07) is 1.38. The monoisotopic (exact) mass is 331 g/mol. The molecule has 0 fully saturated rings. The Hall–Kier alpha value is -1.31. The molecule has 0 saturated carbocycles. The fourth-order valence-electron chi connectivity index (χ4n) is 1.57. The minimum atomic E-state index is -0.231. The van der Waals surface area contributed by atoms with Crippen LogP contribution in [-0.4, -0.2) is 38.5 Å². The molecule has 0 atom stereocenters. The molecule has 0 amide bonds. The fourth-order valence-corrected chi connectivity index (χ4v) is 1.92. The van der Waals surface area contributed by atoms with Gasteiger partial charge in [-0.2, -0.15) is 0 Å². The van der Waals surface area contributed by atoms with Crippen molar-refractivity contribution >= 4 is 33.0 Å². The van der Waals surface area contributed by atoms with E-state index in [0.717, 1.165) is 0 Å². The molecule has 7 heteroatoms. The van der Waals surface area contributed by atoms with E-state index in [-0.39, 0.29) is 17.6 Å². The molecule has 0 unspecified atom stereocenters. The lowest BCUT2D eigenvalue weighted by atomic mass is 10.4. The Kier molecular flexibility index (Phi) is 4.62. The highest BCUT2D eigenvalue weighted by Crippen LogP contribution is 2.26. The largest absolute Gasteiger partial charge is 0.456 e.